The molecule has 1 aromatic carbocycles. The van der Waals surface area contributed by atoms with E-state index >= 15 is 0 Å². The highest BCUT2D eigenvalue weighted by Gasteiger charge is 2.02. The first kappa shape index (κ1) is 10.4. The Morgan fingerprint density at radius 1 is 1.27 bits per heavy atom. The Labute approximate surface area is 96.3 Å². The molecule has 0 aliphatic carbocycles. The van der Waals surface area contributed by atoms with Crippen LogP contribution in [0.1, 0.15) is 5.69 Å². The lowest BCUT2D eigenvalue weighted by atomic mass is 10.2. The zero-order chi connectivity index (χ0) is 10.7. The first-order chi connectivity index (χ1) is 7.29. The highest BCUT2D eigenvalue weighted by atomic mass is 79.9. The van der Waals surface area contributed by atoms with E-state index in [1.807, 2.05) is 24.3 Å². The molecule has 0 saturated carbocycles. The summed E-state index contributed by atoms with van der Waals surface area (Å²) in [6, 6.07) is 7.93. The quantitative estimate of drug-likeness (QED) is 0.896. The number of nitrogens with zero attached hydrogens (tertiary/aromatic N) is 1. The van der Waals surface area contributed by atoms with Crippen LogP contribution in [0.3, 0.4) is 0 Å². The lowest BCUT2D eigenvalue weighted by molar-refractivity contribution is 0.298. The van der Waals surface area contributed by atoms with Crippen molar-refractivity contribution in [1.29, 1.82) is 0 Å². The van der Waals surface area contributed by atoms with Gasteiger partial charge in [-0.15, -0.1) is 0 Å². The minimum Gasteiger partial charge on any atom is -0.396 e. The molecule has 0 atom stereocenters. The van der Waals surface area contributed by atoms with E-state index in [2.05, 4.69) is 25.9 Å². The number of aliphatic hydroxyl groups is 1. The molecule has 0 aliphatic rings. The summed E-state index contributed by atoms with van der Waals surface area (Å²) < 4.78 is 1.05. The fraction of sp³-hybridized carbons (Fsp3) is 0.182. The van der Waals surface area contributed by atoms with Crippen molar-refractivity contribution in [3.05, 3.63) is 40.6 Å². The normalized spacial score (nSPS) is 10.5. The van der Waals surface area contributed by atoms with Gasteiger partial charge in [0, 0.05) is 35.0 Å². The standard InChI is InChI=1S/C11H11BrN2O/c12-9-3-1-8(2-4-9)11-13-7-10(14-11)5-6-15/h1-4,7,15H,5-6H2,(H,13,14). The molecule has 4 heteroatoms. The smallest absolute Gasteiger partial charge is 0.137 e. The van der Waals surface area contributed by atoms with Crippen molar-refractivity contribution < 1.29 is 5.11 Å². The molecule has 0 amide bonds. The predicted molar refractivity (Wildman–Crippen MR) is 62.5 cm³/mol. The van der Waals surface area contributed by atoms with Gasteiger partial charge in [0.15, 0.2) is 0 Å². The number of benzene rings is 1. The van der Waals surface area contributed by atoms with Crippen LogP contribution in [0.15, 0.2) is 34.9 Å². The largest absolute Gasteiger partial charge is 0.396 e. The van der Waals surface area contributed by atoms with E-state index in [4.69, 9.17) is 5.11 Å². The molecule has 78 valence electrons. The van der Waals surface area contributed by atoms with E-state index in [1.165, 1.54) is 0 Å². The van der Waals surface area contributed by atoms with E-state index < -0.39 is 0 Å². The molecule has 0 radical (unpaired) electrons. The van der Waals surface area contributed by atoms with Gasteiger partial charge in [-0.1, -0.05) is 28.1 Å². The van der Waals surface area contributed by atoms with E-state index in [1.54, 1.807) is 6.20 Å². The van der Waals surface area contributed by atoms with Crippen LogP contribution in [0.25, 0.3) is 11.4 Å². The maximum absolute atomic E-state index is 8.78. The van der Waals surface area contributed by atoms with Gasteiger partial charge in [0.05, 0.1) is 0 Å². The van der Waals surface area contributed by atoms with Gasteiger partial charge in [0.25, 0.3) is 0 Å². The van der Waals surface area contributed by atoms with Crippen LogP contribution in [0, 0.1) is 0 Å². The highest BCUT2D eigenvalue weighted by molar-refractivity contribution is 9.10. The lowest BCUT2D eigenvalue weighted by Gasteiger charge is -1.96. The molecule has 2 rings (SSSR count). The van der Waals surface area contributed by atoms with E-state index in [9.17, 15) is 0 Å². The number of halogens is 1. The molecule has 0 fully saturated rings. The van der Waals surface area contributed by atoms with Gasteiger partial charge in [-0.2, -0.15) is 0 Å². The van der Waals surface area contributed by atoms with Gasteiger partial charge in [0.2, 0.25) is 0 Å². The first-order valence-electron chi connectivity index (χ1n) is 4.70. The Morgan fingerprint density at radius 3 is 2.67 bits per heavy atom. The van der Waals surface area contributed by atoms with Crippen molar-refractivity contribution in [3.63, 3.8) is 0 Å². The molecule has 0 saturated heterocycles. The SMILES string of the molecule is OCCc1cnc(-c2ccc(Br)cc2)[nH]1. The van der Waals surface area contributed by atoms with E-state index in [-0.39, 0.29) is 6.61 Å². The number of aliphatic hydroxyl groups excluding tert-OH is 1. The second kappa shape index (κ2) is 4.59. The number of aromatic nitrogens is 2. The fourth-order valence-electron chi connectivity index (χ4n) is 1.36. The molecule has 2 N–H and O–H groups in total. The monoisotopic (exact) mass is 266 g/mol. The lowest BCUT2D eigenvalue weighted by Crippen LogP contribution is -1.90. The summed E-state index contributed by atoms with van der Waals surface area (Å²) in [4.78, 5) is 7.42. The number of H-pyrrole nitrogens is 1. The second-order valence-electron chi connectivity index (χ2n) is 3.24. The fourth-order valence-corrected chi connectivity index (χ4v) is 1.63. The molecule has 15 heavy (non-hydrogen) atoms. The number of aromatic amines is 1. The van der Waals surface area contributed by atoms with Gasteiger partial charge in [0.1, 0.15) is 5.82 Å². The van der Waals surface area contributed by atoms with Crippen molar-refractivity contribution in [1.82, 2.24) is 9.97 Å². The zero-order valence-corrected chi connectivity index (χ0v) is 9.66. The maximum Gasteiger partial charge on any atom is 0.137 e. The van der Waals surface area contributed by atoms with Crippen molar-refractivity contribution in [2.45, 2.75) is 6.42 Å². The molecule has 1 heterocycles. The predicted octanol–water partition coefficient (Wildman–Crippen LogP) is 2.37. The number of nitrogens with one attached hydrogen (secondary N) is 1. The second-order valence-corrected chi connectivity index (χ2v) is 4.15. The molecule has 1 aromatic heterocycles. The van der Waals surface area contributed by atoms with Crippen LogP contribution in [0.2, 0.25) is 0 Å². The topological polar surface area (TPSA) is 48.9 Å². The summed E-state index contributed by atoms with van der Waals surface area (Å²) in [6.45, 7) is 0.141. The maximum atomic E-state index is 8.78. The van der Waals surface area contributed by atoms with E-state index in [0.29, 0.717) is 6.42 Å². The third kappa shape index (κ3) is 2.46. The molecule has 0 spiro atoms. The number of hydrogen-bond acceptors (Lipinski definition) is 2. The summed E-state index contributed by atoms with van der Waals surface area (Å²) in [5.41, 5.74) is 2.00. The molecular formula is C11H11BrN2O. The van der Waals surface area contributed by atoms with Crippen LogP contribution >= 0.6 is 15.9 Å². The average molecular weight is 267 g/mol. The first-order valence-corrected chi connectivity index (χ1v) is 5.49. The van der Waals surface area contributed by atoms with Crippen LogP contribution in [0.4, 0.5) is 0 Å². The third-order valence-corrected chi connectivity index (χ3v) is 2.66. The van der Waals surface area contributed by atoms with Gasteiger partial charge in [-0.3, -0.25) is 0 Å². The van der Waals surface area contributed by atoms with Crippen molar-refractivity contribution in [2.24, 2.45) is 0 Å². The molecule has 2 aromatic rings. The molecule has 0 unspecified atom stereocenters. The van der Waals surface area contributed by atoms with Gasteiger partial charge in [-0.25, -0.2) is 4.98 Å². The summed E-state index contributed by atoms with van der Waals surface area (Å²) >= 11 is 3.38. The number of imidazole rings is 1. The Hall–Kier alpha value is -1.13. The summed E-state index contributed by atoms with van der Waals surface area (Å²) in [5.74, 6) is 0.839. The molecule has 3 nitrogen and oxygen atoms in total. The van der Waals surface area contributed by atoms with Gasteiger partial charge < -0.3 is 10.1 Å². The summed E-state index contributed by atoms with van der Waals surface area (Å²) in [5, 5.41) is 8.78. The minimum absolute atomic E-state index is 0.141. The molecular weight excluding hydrogens is 256 g/mol. The summed E-state index contributed by atoms with van der Waals surface area (Å²) in [6.07, 6.45) is 2.37. The van der Waals surface area contributed by atoms with Crippen LogP contribution in [0.5, 0.6) is 0 Å². The van der Waals surface area contributed by atoms with Crippen molar-refractivity contribution in [3.8, 4) is 11.4 Å². The molecule has 0 aliphatic heterocycles. The zero-order valence-electron chi connectivity index (χ0n) is 8.07. The van der Waals surface area contributed by atoms with Gasteiger partial charge >= 0.3 is 0 Å². The Bertz CT molecular complexity index is 436. The minimum atomic E-state index is 0.141. The van der Waals surface area contributed by atoms with E-state index in [0.717, 1.165) is 21.6 Å². The van der Waals surface area contributed by atoms with Crippen LogP contribution < -0.4 is 0 Å². The Balaban J connectivity index is 2.25. The Kier molecular flexibility index (Phi) is 3.18. The highest BCUT2D eigenvalue weighted by Crippen LogP contribution is 2.18. The number of hydrogen-bond donors (Lipinski definition) is 2. The van der Waals surface area contributed by atoms with Gasteiger partial charge in [-0.05, 0) is 12.1 Å². The molecule has 0 bridgehead atoms. The summed E-state index contributed by atoms with van der Waals surface area (Å²) in [7, 11) is 0. The third-order valence-electron chi connectivity index (χ3n) is 2.13. The van der Waals surface area contributed by atoms with Crippen LogP contribution in [-0.2, 0) is 6.42 Å². The number of rotatable bonds is 3. The van der Waals surface area contributed by atoms with Crippen molar-refractivity contribution >= 4 is 15.9 Å². The average Bonchev–Trinajstić information content (AvgIpc) is 2.68. The Morgan fingerprint density at radius 2 is 2.00 bits per heavy atom. The van der Waals surface area contributed by atoms with Crippen LogP contribution in [-0.4, -0.2) is 21.7 Å². The van der Waals surface area contributed by atoms with Crippen molar-refractivity contribution in [2.75, 3.05) is 6.61 Å².